The van der Waals surface area contributed by atoms with Crippen molar-refractivity contribution in [3.63, 3.8) is 0 Å². The zero-order valence-corrected chi connectivity index (χ0v) is 10.3. The lowest BCUT2D eigenvalue weighted by Crippen LogP contribution is -2.32. The van der Waals surface area contributed by atoms with E-state index in [9.17, 15) is 9.59 Å². The quantitative estimate of drug-likeness (QED) is 0.556. The van der Waals surface area contributed by atoms with E-state index in [4.69, 9.17) is 5.73 Å². The fraction of sp³-hybridized carbons (Fsp3) is 0.700. The first-order chi connectivity index (χ1) is 7.45. The fourth-order valence-electron chi connectivity index (χ4n) is 1.89. The van der Waals surface area contributed by atoms with E-state index in [2.05, 4.69) is 17.0 Å². The summed E-state index contributed by atoms with van der Waals surface area (Å²) in [7, 11) is 1.36. The maximum atomic E-state index is 11.7. The van der Waals surface area contributed by atoms with Crippen molar-refractivity contribution in [2.45, 2.75) is 13.3 Å². The number of hydrogen-bond donors (Lipinski definition) is 1. The second kappa shape index (κ2) is 5.25. The molecule has 1 fully saturated rings. The summed E-state index contributed by atoms with van der Waals surface area (Å²) < 4.78 is 4.69. The summed E-state index contributed by atoms with van der Waals surface area (Å²) in [5.41, 5.74) is 5.31. The first kappa shape index (κ1) is 12.9. The van der Waals surface area contributed by atoms with E-state index in [1.54, 1.807) is 4.90 Å². The van der Waals surface area contributed by atoms with Gasteiger partial charge in [0, 0.05) is 13.1 Å². The standard InChI is InChI=1S/C10H16N2O3S/c1-6-4-12(9(13)3-8(11)16)5-7(6)10(14)15-2/h6-7H,3-5H2,1-2H3,(H2,11,16). The van der Waals surface area contributed by atoms with Gasteiger partial charge in [-0.2, -0.15) is 0 Å². The first-order valence-electron chi connectivity index (χ1n) is 5.09. The van der Waals surface area contributed by atoms with Gasteiger partial charge in [-0.15, -0.1) is 0 Å². The Hall–Kier alpha value is -1.17. The van der Waals surface area contributed by atoms with E-state index in [0.717, 1.165) is 0 Å². The van der Waals surface area contributed by atoms with E-state index in [-0.39, 0.29) is 35.1 Å². The van der Waals surface area contributed by atoms with Crippen LogP contribution in [0.4, 0.5) is 0 Å². The molecule has 5 nitrogen and oxygen atoms in total. The van der Waals surface area contributed by atoms with Crippen molar-refractivity contribution >= 4 is 29.1 Å². The van der Waals surface area contributed by atoms with Crippen molar-refractivity contribution in [2.75, 3.05) is 20.2 Å². The van der Waals surface area contributed by atoms with Crippen molar-refractivity contribution in [3.8, 4) is 0 Å². The van der Waals surface area contributed by atoms with E-state index in [0.29, 0.717) is 13.1 Å². The molecule has 0 aliphatic carbocycles. The molecule has 0 aromatic rings. The Morgan fingerprint density at radius 1 is 1.50 bits per heavy atom. The van der Waals surface area contributed by atoms with Crippen molar-refractivity contribution in [1.29, 1.82) is 0 Å². The summed E-state index contributed by atoms with van der Waals surface area (Å²) in [4.78, 5) is 24.9. The van der Waals surface area contributed by atoms with Crippen LogP contribution in [0.3, 0.4) is 0 Å². The minimum atomic E-state index is -0.266. The van der Waals surface area contributed by atoms with Gasteiger partial charge in [-0.05, 0) is 5.92 Å². The number of rotatable bonds is 3. The molecule has 2 N–H and O–H groups in total. The molecule has 6 heteroatoms. The minimum Gasteiger partial charge on any atom is -0.469 e. The molecule has 90 valence electrons. The summed E-state index contributed by atoms with van der Waals surface area (Å²) in [6, 6.07) is 0. The van der Waals surface area contributed by atoms with Gasteiger partial charge in [-0.25, -0.2) is 0 Å². The van der Waals surface area contributed by atoms with Crippen LogP contribution in [0.25, 0.3) is 0 Å². The predicted molar refractivity (Wildman–Crippen MR) is 62.7 cm³/mol. The van der Waals surface area contributed by atoms with Crippen LogP contribution in [-0.2, 0) is 14.3 Å². The highest BCUT2D eigenvalue weighted by molar-refractivity contribution is 7.80. The molecular weight excluding hydrogens is 228 g/mol. The number of methoxy groups -OCH3 is 1. The number of thiocarbonyl (C=S) groups is 1. The number of hydrogen-bond acceptors (Lipinski definition) is 4. The van der Waals surface area contributed by atoms with E-state index < -0.39 is 0 Å². The highest BCUT2D eigenvalue weighted by Gasteiger charge is 2.37. The van der Waals surface area contributed by atoms with Crippen LogP contribution < -0.4 is 5.73 Å². The number of ether oxygens (including phenoxy) is 1. The van der Waals surface area contributed by atoms with Crippen LogP contribution in [0, 0.1) is 11.8 Å². The van der Waals surface area contributed by atoms with Gasteiger partial charge in [0.1, 0.15) is 0 Å². The zero-order valence-electron chi connectivity index (χ0n) is 9.43. The molecule has 1 aliphatic heterocycles. The lowest BCUT2D eigenvalue weighted by Gasteiger charge is -2.15. The molecule has 1 saturated heterocycles. The topological polar surface area (TPSA) is 72.6 Å². The fourth-order valence-corrected chi connectivity index (χ4v) is 2.01. The molecule has 0 aromatic carbocycles. The van der Waals surface area contributed by atoms with Crippen LogP contribution in [0.2, 0.25) is 0 Å². The second-order valence-electron chi connectivity index (χ2n) is 4.05. The molecule has 2 unspecified atom stereocenters. The molecule has 0 aromatic heterocycles. The smallest absolute Gasteiger partial charge is 0.310 e. The van der Waals surface area contributed by atoms with E-state index in [1.807, 2.05) is 6.92 Å². The Labute approximate surface area is 99.9 Å². The Balaban J connectivity index is 2.59. The summed E-state index contributed by atoms with van der Waals surface area (Å²) in [6.45, 7) is 2.88. The van der Waals surface area contributed by atoms with E-state index in [1.165, 1.54) is 7.11 Å². The van der Waals surface area contributed by atoms with Crippen molar-refractivity contribution in [2.24, 2.45) is 17.6 Å². The average Bonchev–Trinajstić information content (AvgIpc) is 2.58. The number of nitrogens with zero attached hydrogens (tertiary/aromatic N) is 1. The molecule has 2 atom stereocenters. The number of nitrogens with two attached hydrogens (primary N) is 1. The number of amides is 1. The van der Waals surface area contributed by atoms with Crippen molar-refractivity contribution < 1.29 is 14.3 Å². The summed E-state index contributed by atoms with van der Waals surface area (Å²) in [5, 5.41) is 0. The summed E-state index contributed by atoms with van der Waals surface area (Å²) >= 11 is 4.68. The maximum Gasteiger partial charge on any atom is 0.310 e. The molecule has 16 heavy (non-hydrogen) atoms. The van der Waals surface area contributed by atoms with Crippen LogP contribution in [0.15, 0.2) is 0 Å². The van der Waals surface area contributed by atoms with Gasteiger partial charge in [0.2, 0.25) is 5.91 Å². The third-order valence-corrected chi connectivity index (χ3v) is 2.94. The Kier molecular flexibility index (Phi) is 4.23. The van der Waals surface area contributed by atoms with Gasteiger partial charge in [-0.3, -0.25) is 9.59 Å². The van der Waals surface area contributed by atoms with Gasteiger partial charge in [0.15, 0.2) is 0 Å². The van der Waals surface area contributed by atoms with Crippen LogP contribution in [-0.4, -0.2) is 42.0 Å². The Morgan fingerprint density at radius 3 is 2.62 bits per heavy atom. The van der Waals surface area contributed by atoms with Gasteiger partial charge >= 0.3 is 5.97 Å². The number of esters is 1. The molecule has 1 aliphatic rings. The lowest BCUT2D eigenvalue weighted by molar-refractivity contribution is -0.146. The molecule has 1 heterocycles. The third kappa shape index (κ3) is 2.91. The zero-order chi connectivity index (χ0) is 12.3. The summed E-state index contributed by atoms with van der Waals surface area (Å²) in [5.74, 6) is -0.507. The average molecular weight is 244 g/mol. The van der Waals surface area contributed by atoms with Gasteiger partial charge in [0.05, 0.1) is 24.4 Å². The van der Waals surface area contributed by atoms with Gasteiger partial charge in [-0.1, -0.05) is 19.1 Å². The predicted octanol–water partition coefficient (Wildman–Crippen LogP) is -0.0699. The molecule has 0 radical (unpaired) electrons. The molecule has 0 saturated carbocycles. The maximum absolute atomic E-state index is 11.7. The minimum absolute atomic E-state index is 0.0654. The molecule has 1 rings (SSSR count). The highest BCUT2D eigenvalue weighted by atomic mass is 32.1. The van der Waals surface area contributed by atoms with Gasteiger partial charge < -0.3 is 15.4 Å². The largest absolute Gasteiger partial charge is 0.469 e. The Morgan fingerprint density at radius 2 is 2.12 bits per heavy atom. The lowest BCUT2D eigenvalue weighted by atomic mass is 9.99. The highest BCUT2D eigenvalue weighted by Crippen LogP contribution is 2.24. The van der Waals surface area contributed by atoms with Crippen LogP contribution >= 0.6 is 12.2 Å². The van der Waals surface area contributed by atoms with Crippen LogP contribution in [0.5, 0.6) is 0 Å². The van der Waals surface area contributed by atoms with Crippen LogP contribution in [0.1, 0.15) is 13.3 Å². The SMILES string of the molecule is COC(=O)C1CN(C(=O)CC(N)=S)CC1C. The van der Waals surface area contributed by atoms with Crippen molar-refractivity contribution in [1.82, 2.24) is 4.90 Å². The monoisotopic (exact) mass is 244 g/mol. The van der Waals surface area contributed by atoms with Gasteiger partial charge in [0.25, 0.3) is 0 Å². The molecular formula is C10H16N2O3S. The van der Waals surface area contributed by atoms with E-state index >= 15 is 0 Å². The molecule has 0 bridgehead atoms. The number of likely N-dealkylation sites (tertiary alicyclic amines) is 1. The second-order valence-corrected chi connectivity index (χ2v) is 4.57. The van der Waals surface area contributed by atoms with Crippen molar-refractivity contribution in [3.05, 3.63) is 0 Å². The first-order valence-corrected chi connectivity index (χ1v) is 5.50. The molecule has 1 amide bonds. The summed E-state index contributed by atoms with van der Waals surface area (Å²) in [6.07, 6.45) is 0.0654. The Bertz CT molecular complexity index is 319. The number of carbonyl (C=O) groups excluding carboxylic acids is 2. The normalized spacial score (nSPS) is 24.2. The third-order valence-electron chi connectivity index (χ3n) is 2.79. The molecule has 0 spiro atoms. The number of carbonyl (C=O) groups is 2.